The van der Waals surface area contributed by atoms with Crippen molar-refractivity contribution < 1.29 is 9.47 Å². The van der Waals surface area contributed by atoms with Crippen molar-refractivity contribution in [3.8, 4) is 5.75 Å². The molecule has 1 aliphatic heterocycles. The molecule has 3 aliphatic rings. The largest absolute Gasteiger partial charge is 0.497 e. The van der Waals surface area contributed by atoms with Crippen LogP contribution in [-0.2, 0) is 11.3 Å². The van der Waals surface area contributed by atoms with Gasteiger partial charge in [-0.2, -0.15) is 0 Å². The molecule has 136 valence electrons. The Labute approximate surface area is 150 Å². The number of rotatable bonds is 4. The van der Waals surface area contributed by atoms with Crippen LogP contribution in [0.1, 0.15) is 31.2 Å². The molecule has 3 unspecified atom stereocenters. The monoisotopic (exact) mass is 343 g/mol. The number of aliphatic imine (C=N–C) groups is 1. The Hall–Kier alpha value is -1.75. The number of benzene rings is 1. The predicted octanol–water partition coefficient (Wildman–Crippen LogP) is 2.66. The smallest absolute Gasteiger partial charge is 0.193 e. The van der Waals surface area contributed by atoms with Crippen molar-refractivity contribution in [2.75, 3.05) is 27.8 Å². The van der Waals surface area contributed by atoms with Crippen molar-refractivity contribution in [2.45, 2.75) is 44.4 Å². The van der Waals surface area contributed by atoms with Gasteiger partial charge in [-0.1, -0.05) is 18.6 Å². The molecule has 5 nitrogen and oxygen atoms in total. The van der Waals surface area contributed by atoms with Crippen LogP contribution in [0.15, 0.2) is 29.3 Å². The lowest BCUT2D eigenvalue weighted by molar-refractivity contribution is -0.171. The Morgan fingerprint density at radius 2 is 2.12 bits per heavy atom. The molecule has 0 radical (unpaired) electrons. The van der Waals surface area contributed by atoms with E-state index in [2.05, 4.69) is 34.4 Å². The minimum atomic E-state index is 0.373. The van der Waals surface area contributed by atoms with E-state index in [0.717, 1.165) is 24.9 Å². The van der Waals surface area contributed by atoms with Gasteiger partial charge >= 0.3 is 0 Å². The maximum absolute atomic E-state index is 6.03. The van der Waals surface area contributed by atoms with Gasteiger partial charge in [0.25, 0.3) is 0 Å². The zero-order valence-corrected chi connectivity index (χ0v) is 15.5. The molecule has 25 heavy (non-hydrogen) atoms. The molecule has 5 heteroatoms. The molecule has 0 aromatic heterocycles. The Morgan fingerprint density at radius 1 is 1.36 bits per heavy atom. The summed E-state index contributed by atoms with van der Waals surface area (Å²) in [6, 6.07) is 8.76. The molecule has 2 aliphatic carbocycles. The van der Waals surface area contributed by atoms with Crippen molar-refractivity contribution in [1.82, 2.24) is 10.2 Å². The lowest BCUT2D eigenvalue weighted by Crippen LogP contribution is -2.72. The molecular weight excluding hydrogens is 314 g/mol. The third-order valence-electron chi connectivity index (χ3n) is 6.47. The van der Waals surface area contributed by atoms with Crippen LogP contribution in [0.2, 0.25) is 0 Å². The summed E-state index contributed by atoms with van der Waals surface area (Å²) >= 11 is 0. The highest BCUT2D eigenvalue weighted by Crippen LogP contribution is 2.62. The Bertz CT molecular complexity index is 639. The van der Waals surface area contributed by atoms with Crippen molar-refractivity contribution in [3.05, 3.63) is 29.8 Å². The van der Waals surface area contributed by atoms with Gasteiger partial charge in [0.2, 0.25) is 0 Å². The fourth-order valence-corrected chi connectivity index (χ4v) is 5.02. The number of ether oxygens (including phenoxy) is 2. The zero-order valence-electron chi connectivity index (χ0n) is 15.5. The molecule has 0 bridgehead atoms. The number of hydrogen-bond acceptors (Lipinski definition) is 3. The lowest BCUT2D eigenvalue weighted by Gasteiger charge is -2.63. The Kier molecular flexibility index (Phi) is 4.36. The number of hydrogen-bond donors (Lipinski definition) is 1. The van der Waals surface area contributed by atoms with Gasteiger partial charge in [-0.25, -0.2) is 0 Å². The van der Waals surface area contributed by atoms with E-state index in [4.69, 9.17) is 9.47 Å². The summed E-state index contributed by atoms with van der Waals surface area (Å²) in [5.74, 6) is 2.53. The molecule has 3 fully saturated rings. The third-order valence-corrected chi connectivity index (χ3v) is 6.47. The first kappa shape index (κ1) is 16.7. The quantitative estimate of drug-likeness (QED) is 0.674. The Balaban J connectivity index is 1.41. The van der Waals surface area contributed by atoms with Crippen LogP contribution in [0.3, 0.4) is 0 Å². The normalized spacial score (nSPS) is 29.6. The minimum Gasteiger partial charge on any atom is -0.497 e. The first-order valence-electron chi connectivity index (χ1n) is 9.37. The fourth-order valence-electron chi connectivity index (χ4n) is 5.02. The van der Waals surface area contributed by atoms with E-state index in [1.165, 1.54) is 31.2 Å². The van der Waals surface area contributed by atoms with Crippen LogP contribution in [0.5, 0.6) is 5.75 Å². The van der Waals surface area contributed by atoms with E-state index in [9.17, 15) is 0 Å². The van der Waals surface area contributed by atoms with Crippen LogP contribution >= 0.6 is 0 Å². The topological polar surface area (TPSA) is 46.1 Å². The van der Waals surface area contributed by atoms with Gasteiger partial charge < -0.3 is 19.7 Å². The summed E-state index contributed by atoms with van der Waals surface area (Å²) in [6.07, 6.45) is 5.61. The molecule has 1 spiro atoms. The predicted molar refractivity (Wildman–Crippen MR) is 98.9 cm³/mol. The highest BCUT2D eigenvalue weighted by Gasteiger charge is 2.66. The van der Waals surface area contributed by atoms with Gasteiger partial charge in [-0.15, -0.1) is 0 Å². The van der Waals surface area contributed by atoms with E-state index in [1.54, 1.807) is 7.11 Å². The molecule has 1 saturated heterocycles. The average molecular weight is 343 g/mol. The summed E-state index contributed by atoms with van der Waals surface area (Å²) in [6.45, 7) is 1.75. The maximum atomic E-state index is 6.03. The van der Waals surface area contributed by atoms with Crippen molar-refractivity contribution in [3.63, 3.8) is 0 Å². The van der Waals surface area contributed by atoms with Gasteiger partial charge in [0, 0.05) is 44.6 Å². The van der Waals surface area contributed by atoms with Gasteiger partial charge in [0.15, 0.2) is 5.96 Å². The van der Waals surface area contributed by atoms with E-state index < -0.39 is 0 Å². The van der Waals surface area contributed by atoms with E-state index in [1.807, 2.05) is 19.2 Å². The molecule has 1 aromatic carbocycles. The maximum Gasteiger partial charge on any atom is 0.193 e. The summed E-state index contributed by atoms with van der Waals surface area (Å²) in [7, 11) is 5.68. The SMILES string of the molecule is CN=C(NC1C2CCOC2C12CCC2)N(C)Cc1ccc(OC)cc1. The second-order valence-corrected chi connectivity index (χ2v) is 7.70. The van der Waals surface area contributed by atoms with Gasteiger partial charge in [0.1, 0.15) is 5.75 Å². The number of fused-ring (bicyclic) bond motifs is 2. The summed E-state index contributed by atoms with van der Waals surface area (Å²) in [5, 5.41) is 3.78. The van der Waals surface area contributed by atoms with Gasteiger partial charge in [0.05, 0.1) is 13.2 Å². The third kappa shape index (κ3) is 2.69. The second-order valence-electron chi connectivity index (χ2n) is 7.70. The number of nitrogens with zero attached hydrogens (tertiary/aromatic N) is 2. The second kappa shape index (κ2) is 6.52. The van der Waals surface area contributed by atoms with Crippen LogP contribution in [-0.4, -0.2) is 50.8 Å². The van der Waals surface area contributed by atoms with E-state index in [-0.39, 0.29) is 0 Å². The molecule has 1 aromatic rings. The molecule has 1 heterocycles. The molecule has 2 saturated carbocycles. The number of nitrogens with one attached hydrogen (secondary N) is 1. The first-order valence-corrected chi connectivity index (χ1v) is 9.37. The standard InChI is InChI=1S/C20H29N3O2/c1-21-19(23(2)13-14-5-7-15(24-3)8-6-14)22-17-16-9-12-25-18(16)20(17)10-4-11-20/h5-8,16-18H,4,9-13H2,1-3H3,(H,21,22). The fraction of sp³-hybridized carbons (Fsp3) is 0.650. The van der Waals surface area contributed by atoms with Crippen LogP contribution in [0.25, 0.3) is 0 Å². The minimum absolute atomic E-state index is 0.373. The van der Waals surface area contributed by atoms with Gasteiger partial charge in [-0.3, -0.25) is 4.99 Å². The first-order chi connectivity index (χ1) is 12.2. The summed E-state index contributed by atoms with van der Waals surface area (Å²) in [4.78, 5) is 6.75. The number of methoxy groups -OCH3 is 1. The molecule has 3 atom stereocenters. The average Bonchev–Trinajstić information content (AvgIpc) is 3.00. The van der Waals surface area contributed by atoms with E-state index >= 15 is 0 Å². The van der Waals surface area contributed by atoms with Crippen molar-refractivity contribution in [2.24, 2.45) is 16.3 Å². The molecular formula is C20H29N3O2. The van der Waals surface area contributed by atoms with E-state index in [0.29, 0.717) is 23.5 Å². The number of guanidine groups is 1. The molecule has 4 rings (SSSR count). The van der Waals surface area contributed by atoms with Crippen molar-refractivity contribution >= 4 is 5.96 Å². The van der Waals surface area contributed by atoms with Crippen LogP contribution in [0.4, 0.5) is 0 Å². The lowest BCUT2D eigenvalue weighted by atomic mass is 9.46. The van der Waals surface area contributed by atoms with Crippen LogP contribution in [0, 0.1) is 11.3 Å². The van der Waals surface area contributed by atoms with Gasteiger partial charge in [-0.05, 0) is 37.0 Å². The highest BCUT2D eigenvalue weighted by molar-refractivity contribution is 5.80. The summed E-state index contributed by atoms with van der Waals surface area (Å²) < 4.78 is 11.3. The molecule has 0 amide bonds. The zero-order chi connectivity index (χ0) is 17.4. The molecule has 1 N–H and O–H groups in total. The van der Waals surface area contributed by atoms with Crippen molar-refractivity contribution in [1.29, 1.82) is 0 Å². The Morgan fingerprint density at radius 3 is 2.72 bits per heavy atom. The highest BCUT2D eigenvalue weighted by atomic mass is 16.5. The van der Waals surface area contributed by atoms with Crippen LogP contribution < -0.4 is 10.1 Å². The summed E-state index contributed by atoms with van der Waals surface area (Å²) in [5.41, 5.74) is 1.62.